The van der Waals surface area contributed by atoms with Crippen LogP contribution in [0.2, 0.25) is 0 Å². The van der Waals surface area contributed by atoms with E-state index in [1.54, 1.807) is 0 Å². The van der Waals surface area contributed by atoms with E-state index in [9.17, 15) is 4.79 Å². The fraction of sp³-hybridized carbons (Fsp3) is 0.360. The summed E-state index contributed by atoms with van der Waals surface area (Å²) in [4.78, 5) is 19.0. The molecule has 0 N–H and O–H groups in total. The summed E-state index contributed by atoms with van der Waals surface area (Å²) < 4.78 is 11.7. The van der Waals surface area contributed by atoms with Crippen LogP contribution in [-0.4, -0.2) is 47.7 Å². The van der Waals surface area contributed by atoms with Gasteiger partial charge in [0.05, 0.1) is 5.52 Å². The van der Waals surface area contributed by atoms with Crippen molar-refractivity contribution in [2.45, 2.75) is 37.9 Å². The molecule has 2 fully saturated rings. The number of amides is 1. The molecule has 3 heterocycles. The van der Waals surface area contributed by atoms with Gasteiger partial charge in [0.25, 0.3) is 5.91 Å². The number of ether oxygens (including phenoxy) is 2. The third-order valence-corrected chi connectivity index (χ3v) is 6.04. The van der Waals surface area contributed by atoms with Crippen LogP contribution < -0.4 is 4.74 Å². The number of rotatable bonds is 4. The maximum absolute atomic E-state index is 12.5. The minimum absolute atomic E-state index is 0.145. The third-order valence-electron chi connectivity index (χ3n) is 6.04. The second-order valence-electron chi connectivity index (χ2n) is 8.09. The van der Waals surface area contributed by atoms with Crippen molar-refractivity contribution in [3.63, 3.8) is 0 Å². The molecule has 0 spiro atoms. The number of likely N-dealkylation sites (tertiary alicyclic amines) is 1. The molecular weight excluding hydrogens is 376 g/mol. The molecule has 2 aliphatic rings. The van der Waals surface area contributed by atoms with Crippen LogP contribution in [0.4, 0.5) is 0 Å². The maximum Gasteiger partial charge on any atom is 0.251 e. The Bertz CT molecular complexity index is 1020. The predicted octanol–water partition coefficient (Wildman–Crippen LogP) is 4.45. The van der Waals surface area contributed by atoms with E-state index in [0.717, 1.165) is 66.6 Å². The first kappa shape index (κ1) is 19.1. The van der Waals surface area contributed by atoms with E-state index in [0.29, 0.717) is 6.61 Å². The van der Waals surface area contributed by atoms with E-state index in [4.69, 9.17) is 9.47 Å². The molecule has 0 radical (unpaired) electrons. The highest BCUT2D eigenvalue weighted by Crippen LogP contribution is 2.27. The smallest absolute Gasteiger partial charge is 0.251 e. The van der Waals surface area contributed by atoms with E-state index in [1.807, 2.05) is 41.4 Å². The minimum Gasteiger partial charge on any atom is -0.490 e. The second kappa shape index (κ2) is 8.44. The Morgan fingerprint density at radius 2 is 1.80 bits per heavy atom. The van der Waals surface area contributed by atoms with Crippen LogP contribution in [0.1, 0.15) is 25.7 Å². The molecule has 0 unspecified atom stereocenters. The molecule has 1 atom stereocenters. The number of piperidine rings is 1. The number of fused-ring (bicyclic) bond motifs is 1. The van der Waals surface area contributed by atoms with Crippen LogP contribution in [0, 0.1) is 0 Å². The van der Waals surface area contributed by atoms with Crippen LogP contribution in [0.3, 0.4) is 0 Å². The molecule has 2 aliphatic heterocycles. The normalized spacial score (nSPS) is 19.9. The maximum atomic E-state index is 12.5. The number of hydrogen-bond acceptors (Lipinski definition) is 4. The fourth-order valence-corrected chi connectivity index (χ4v) is 4.32. The first-order valence-electron chi connectivity index (χ1n) is 10.8. The first-order valence-corrected chi connectivity index (χ1v) is 10.8. The van der Waals surface area contributed by atoms with Crippen LogP contribution in [0.25, 0.3) is 22.0 Å². The van der Waals surface area contributed by atoms with Crippen LogP contribution in [-0.2, 0) is 9.53 Å². The summed E-state index contributed by atoms with van der Waals surface area (Å²) in [5.41, 5.74) is 3.23. The number of benzene rings is 2. The summed E-state index contributed by atoms with van der Waals surface area (Å²) in [6.45, 7) is 2.19. The Balaban J connectivity index is 1.19. The third kappa shape index (κ3) is 4.03. The molecule has 1 amide bonds. The van der Waals surface area contributed by atoms with Gasteiger partial charge in [-0.2, -0.15) is 0 Å². The van der Waals surface area contributed by atoms with E-state index in [-0.39, 0.29) is 18.1 Å². The van der Waals surface area contributed by atoms with E-state index >= 15 is 0 Å². The van der Waals surface area contributed by atoms with Gasteiger partial charge in [-0.05, 0) is 42.7 Å². The summed E-state index contributed by atoms with van der Waals surface area (Å²) in [7, 11) is 0. The standard InChI is InChI=1S/C25H26N2O3/c28-25(24-6-3-15-29-24)27-13-11-22(12-14-27)30-21-9-7-18(8-10-21)20-16-19-4-1-2-5-23(19)26-17-20/h1-2,4-5,7-10,16-17,22,24H,3,6,11-15H2/t24-/m0/s1. The quantitative estimate of drug-likeness (QED) is 0.647. The highest BCUT2D eigenvalue weighted by atomic mass is 16.5. The number of carbonyl (C=O) groups excluding carboxylic acids is 1. The Kier molecular flexibility index (Phi) is 5.37. The summed E-state index contributed by atoms with van der Waals surface area (Å²) in [6, 6.07) is 18.5. The van der Waals surface area contributed by atoms with Gasteiger partial charge in [-0.1, -0.05) is 30.3 Å². The van der Waals surface area contributed by atoms with Crippen molar-refractivity contribution >= 4 is 16.8 Å². The molecule has 154 valence electrons. The van der Waals surface area contributed by atoms with Crippen molar-refractivity contribution < 1.29 is 14.3 Å². The highest BCUT2D eigenvalue weighted by molar-refractivity contribution is 5.83. The molecular formula is C25H26N2O3. The lowest BCUT2D eigenvalue weighted by molar-refractivity contribution is -0.142. The number of nitrogens with zero attached hydrogens (tertiary/aromatic N) is 2. The van der Waals surface area contributed by atoms with Gasteiger partial charge in [0.15, 0.2) is 0 Å². The van der Waals surface area contributed by atoms with Gasteiger partial charge < -0.3 is 14.4 Å². The monoisotopic (exact) mass is 402 g/mol. The molecule has 2 saturated heterocycles. The Morgan fingerprint density at radius 3 is 2.57 bits per heavy atom. The number of hydrogen-bond donors (Lipinski definition) is 0. The molecule has 5 rings (SSSR count). The molecule has 1 aromatic heterocycles. The fourth-order valence-electron chi connectivity index (χ4n) is 4.32. The second-order valence-corrected chi connectivity index (χ2v) is 8.09. The molecule has 0 saturated carbocycles. The van der Waals surface area contributed by atoms with Crippen LogP contribution in [0.15, 0.2) is 60.8 Å². The summed E-state index contributed by atoms with van der Waals surface area (Å²) in [5, 5.41) is 1.14. The molecule has 2 aromatic carbocycles. The lowest BCUT2D eigenvalue weighted by Crippen LogP contribution is -2.45. The zero-order chi connectivity index (χ0) is 20.3. The Labute approximate surface area is 176 Å². The number of aromatic nitrogens is 1. The number of para-hydroxylation sites is 1. The van der Waals surface area contributed by atoms with E-state index in [1.165, 1.54) is 0 Å². The average molecular weight is 402 g/mol. The average Bonchev–Trinajstić information content (AvgIpc) is 3.34. The zero-order valence-corrected chi connectivity index (χ0v) is 17.0. The molecule has 3 aromatic rings. The predicted molar refractivity (Wildman–Crippen MR) is 116 cm³/mol. The highest BCUT2D eigenvalue weighted by Gasteiger charge is 2.31. The van der Waals surface area contributed by atoms with Crippen molar-refractivity contribution in [2.24, 2.45) is 0 Å². The zero-order valence-electron chi connectivity index (χ0n) is 17.0. The lowest BCUT2D eigenvalue weighted by Gasteiger charge is -2.33. The van der Waals surface area contributed by atoms with Crippen molar-refractivity contribution in [3.8, 4) is 16.9 Å². The Morgan fingerprint density at radius 1 is 1.00 bits per heavy atom. The number of pyridine rings is 1. The minimum atomic E-state index is -0.223. The first-order chi connectivity index (χ1) is 14.8. The van der Waals surface area contributed by atoms with Crippen LogP contribution in [0.5, 0.6) is 5.75 Å². The SMILES string of the molecule is O=C([C@@H]1CCCO1)N1CCC(Oc2ccc(-c3cnc4ccccc4c3)cc2)CC1. The van der Waals surface area contributed by atoms with Crippen molar-refractivity contribution in [1.29, 1.82) is 0 Å². The van der Waals surface area contributed by atoms with E-state index in [2.05, 4.69) is 29.2 Å². The summed E-state index contributed by atoms with van der Waals surface area (Å²) >= 11 is 0. The van der Waals surface area contributed by atoms with Gasteiger partial charge in [-0.15, -0.1) is 0 Å². The van der Waals surface area contributed by atoms with Gasteiger partial charge in [0.1, 0.15) is 18.0 Å². The Hall–Kier alpha value is -2.92. The van der Waals surface area contributed by atoms with Gasteiger partial charge in [0.2, 0.25) is 0 Å². The summed E-state index contributed by atoms with van der Waals surface area (Å²) in [5.74, 6) is 1.02. The van der Waals surface area contributed by atoms with Gasteiger partial charge in [-0.3, -0.25) is 9.78 Å². The molecule has 0 aliphatic carbocycles. The van der Waals surface area contributed by atoms with Gasteiger partial charge >= 0.3 is 0 Å². The van der Waals surface area contributed by atoms with Crippen molar-refractivity contribution in [2.75, 3.05) is 19.7 Å². The van der Waals surface area contributed by atoms with Gasteiger partial charge in [0, 0.05) is 49.7 Å². The van der Waals surface area contributed by atoms with E-state index < -0.39 is 0 Å². The molecule has 30 heavy (non-hydrogen) atoms. The molecule has 5 nitrogen and oxygen atoms in total. The van der Waals surface area contributed by atoms with Crippen molar-refractivity contribution in [3.05, 3.63) is 60.8 Å². The largest absolute Gasteiger partial charge is 0.490 e. The lowest BCUT2D eigenvalue weighted by atomic mass is 10.0. The van der Waals surface area contributed by atoms with Crippen LogP contribution >= 0.6 is 0 Å². The molecule has 5 heteroatoms. The topological polar surface area (TPSA) is 51.7 Å². The van der Waals surface area contributed by atoms with Gasteiger partial charge in [-0.25, -0.2) is 0 Å². The van der Waals surface area contributed by atoms with Crippen molar-refractivity contribution in [1.82, 2.24) is 9.88 Å². The molecule has 0 bridgehead atoms. The summed E-state index contributed by atoms with van der Waals surface area (Å²) in [6.07, 6.45) is 5.39. The number of carbonyl (C=O) groups is 1.